The molecule has 0 bridgehead atoms. The summed E-state index contributed by atoms with van der Waals surface area (Å²) < 4.78 is 37.7. The predicted octanol–water partition coefficient (Wildman–Crippen LogP) is 4.28. The van der Waals surface area contributed by atoms with Gasteiger partial charge >= 0.3 is 11.9 Å². The van der Waals surface area contributed by atoms with Crippen molar-refractivity contribution >= 4 is 23.5 Å². The van der Waals surface area contributed by atoms with Crippen molar-refractivity contribution in [3.63, 3.8) is 0 Å². The van der Waals surface area contributed by atoms with Crippen molar-refractivity contribution in [1.82, 2.24) is 0 Å². The Hall–Kier alpha value is -2.46. The van der Waals surface area contributed by atoms with Gasteiger partial charge in [0.25, 0.3) is 0 Å². The summed E-state index contributed by atoms with van der Waals surface area (Å²) in [4.78, 5) is 46.9. The lowest BCUT2D eigenvalue weighted by Gasteiger charge is -2.62. The lowest BCUT2D eigenvalue weighted by Crippen LogP contribution is -2.68. The number of carbonyl (C=O) groups excluding carboxylic acids is 3. The second-order valence-corrected chi connectivity index (χ2v) is 12.7. The van der Waals surface area contributed by atoms with Crippen LogP contribution in [0.3, 0.4) is 0 Å². The smallest absolute Gasteiger partial charge is 0.320 e. The summed E-state index contributed by atoms with van der Waals surface area (Å²) in [5.41, 5.74) is 0.802. The number of aliphatic hydroxyl groups excluding tert-OH is 1. The fourth-order valence-corrected chi connectivity index (χ4v) is 8.07. The molecule has 10 atom stereocenters. The van der Waals surface area contributed by atoms with E-state index >= 15 is 8.78 Å². The minimum absolute atomic E-state index is 0.0524. The van der Waals surface area contributed by atoms with E-state index in [4.69, 9.17) is 15.6 Å². The largest absolute Gasteiger partial charge is 0.480 e. The molecule has 0 heterocycles. The molecule has 41 heavy (non-hydrogen) atoms. The van der Waals surface area contributed by atoms with Crippen LogP contribution in [0.4, 0.5) is 8.78 Å². The number of allylic oxidation sites excluding steroid dienone is 4. The summed E-state index contributed by atoms with van der Waals surface area (Å²) in [6.45, 7) is 8.77. The molecule has 8 nitrogen and oxygen atoms in total. The Balaban J connectivity index is 0.000000587. The van der Waals surface area contributed by atoms with Gasteiger partial charge in [-0.2, -0.15) is 0 Å². The number of rotatable bonds is 8. The van der Waals surface area contributed by atoms with E-state index in [0.29, 0.717) is 19.3 Å². The van der Waals surface area contributed by atoms with E-state index in [1.54, 1.807) is 13.8 Å². The predicted molar refractivity (Wildman–Crippen MR) is 148 cm³/mol. The second kappa shape index (κ2) is 12.4. The van der Waals surface area contributed by atoms with Crippen LogP contribution in [0.25, 0.3) is 0 Å². The van der Waals surface area contributed by atoms with Gasteiger partial charge in [0.1, 0.15) is 18.8 Å². The number of alkyl halides is 2. The van der Waals surface area contributed by atoms with E-state index in [2.05, 4.69) is 0 Å². The number of nitrogens with two attached hydrogens (primary N) is 1. The number of aliphatic hydroxyl groups is 1. The molecule has 1 unspecified atom stereocenters. The Morgan fingerprint density at radius 3 is 2.41 bits per heavy atom. The van der Waals surface area contributed by atoms with Gasteiger partial charge in [-0.05, 0) is 74.0 Å². The molecule has 0 amide bonds. The van der Waals surface area contributed by atoms with Crippen LogP contribution in [-0.2, 0) is 23.9 Å². The van der Waals surface area contributed by atoms with Crippen molar-refractivity contribution in [2.24, 2.45) is 40.2 Å². The van der Waals surface area contributed by atoms with Gasteiger partial charge in [0.15, 0.2) is 17.2 Å². The number of unbranched alkanes of at least 4 members (excludes halogenated alkanes) is 1. The number of Topliss-reactive ketones (excluding diaryl/α,β-unsaturated/α-hetero) is 1. The van der Waals surface area contributed by atoms with Crippen LogP contribution in [0.2, 0.25) is 0 Å². The first-order chi connectivity index (χ1) is 19.1. The molecule has 3 saturated carbocycles. The number of hydrogen-bond donors (Lipinski definition) is 3. The lowest BCUT2D eigenvalue weighted by molar-refractivity contribution is -0.202. The quantitative estimate of drug-likeness (QED) is 0.361. The maximum absolute atomic E-state index is 17.1. The first-order valence-corrected chi connectivity index (χ1v) is 14.7. The van der Waals surface area contributed by atoms with Crippen LogP contribution in [0.1, 0.15) is 79.6 Å². The van der Waals surface area contributed by atoms with Crippen molar-refractivity contribution < 1.29 is 42.9 Å². The number of fused-ring (bicyclic) bond motifs is 5. The summed E-state index contributed by atoms with van der Waals surface area (Å²) in [5.74, 6) is -3.68. The minimum atomic E-state index is -2.15. The third kappa shape index (κ3) is 5.78. The van der Waals surface area contributed by atoms with Crippen molar-refractivity contribution in [1.29, 1.82) is 0 Å². The fraction of sp³-hybridized carbons (Fsp3) is 0.742. The Bertz CT molecular complexity index is 1110. The van der Waals surface area contributed by atoms with Crippen LogP contribution in [0.5, 0.6) is 0 Å². The van der Waals surface area contributed by atoms with Crippen LogP contribution < -0.4 is 5.73 Å². The van der Waals surface area contributed by atoms with E-state index in [0.717, 1.165) is 6.42 Å². The van der Waals surface area contributed by atoms with Crippen LogP contribution >= 0.6 is 0 Å². The maximum Gasteiger partial charge on any atom is 0.320 e. The van der Waals surface area contributed by atoms with E-state index in [9.17, 15) is 24.3 Å². The minimum Gasteiger partial charge on any atom is -0.480 e. The molecule has 10 heteroatoms. The summed E-state index contributed by atoms with van der Waals surface area (Å²) in [5, 5.41) is 19.4. The second-order valence-electron chi connectivity index (χ2n) is 12.7. The molecule has 4 aliphatic rings. The molecular weight excluding hydrogens is 536 g/mol. The highest BCUT2D eigenvalue weighted by atomic mass is 19.1. The van der Waals surface area contributed by atoms with Gasteiger partial charge in [-0.15, -0.1) is 0 Å². The first kappa shape index (κ1) is 33.0. The van der Waals surface area contributed by atoms with E-state index < -0.39 is 58.6 Å². The highest BCUT2D eigenvalue weighted by molar-refractivity contribution is 6.01. The fourth-order valence-electron chi connectivity index (χ4n) is 8.07. The molecule has 4 rings (SSSR count). The van der Waals surface area contributed by atoms with Gasteiger partial charge in [-0.3, -0.25) is 19.2 Å². The summed E-state index contributed by atoms with van der Waals surface area (Å²) in [7, 11) is 0. The monoisotopic (exact) mass is 581 g/mol. The first-order valence-electron chi connectivity index (χ1n) is 14.7. The molecule has 0 spiro atoms. The zero-order valence-corrected chi connectivity index (χ0v) is 24.7. The van der Waals surface area contributed by atoms with E-state index in [1.165, 1.54) is 18.2 Å². The highest BCUT2D eigenvalue weighted by Crippen LogP contribution is 2.70. The van der Waals surface area contributed by atoms with E-state index in [-0.39, 0.29) is 54.8 Å². The van der Waals surface area contributed by atoms with Crippen molar-refractivity contribution in [3.8, 4) is 0 Å². The number of esters is 1. The van der Waals surface area contributed by atoms with Crippen LogP contribution in [-0.4, -0.2) is 64.3 Å². The number of carboxylic acids is 1. The average molecular weight is 582 g/mol. The molecular formula is C31H45F2NO7. The van der Waals surface area contributed by atoms with Gasteiger partial charge in [0.05, 0.1) is 6.10 Å². The molecule has 0 aromatic rings. The van der Waals surface area contributed by atoms with Gasteiger partial charge in [0, 0.05) is 23.7 Å². The number of halogens is 2. The number of ketones is 2. The normalized spacial score (nSPS) is 39.7. The molecule has 0 aromatic heterocycles. The Morgan fingerprint density at radius 1 is 1.20 bits per heavy atom. The number of carboxylic acid groups (broad SMARTS) is 1. The molecule has 4 aliphatic carbocycles. The summed E-state index contributed by atoms with van der Waals surface area (Å²) in [6, 6.07) is -0.681. The number of hydrogen-bond acceptors (Lipinski definition) is 7. The third-order valence-electron chi connectivity index (χ3n) is 10.2. The van der Waals surface area contributed by atoms with Crippen LogP contribution in [0, 0.1) is 34.5 Å². The van der Waals surface area contributed by atoms with Gasteiger partial charge in [-0.1, -0.05) is 40.2 Å². The van der Waals surface area contributed by atoms with Crippen LogP contribution in [0.15, 0.2) is 23.8 Å². The maximum atomic E-state index is 17.1. The average Bonchev–Trinajstić information content (AvgIpc) is 3.18. The Kier molecular flexibility index (Phi) is 10.0. The molecule has 0 radical (unpaired) electrons. The standard InChI is InChI=1S/C27H36F2O5.C4H9NO2/c1-5-6-7-23(33)34-14-21(31)24-15(2)10-17-18-12-20(28)19-11-16(30)8-9-26(19,4)27(18,29)22(32)13-25(17,24)3;1-2-3(5)4(6)7/h8-9,11,15,17-18,20,22,24,32H,5-7,10,12-14H2,1-4H3;3H,2,5H2,1H3,(H,6,7)/t15-,17+,18+,20+,22+,24-,25+,26+,27+;/m1./s1. The van der Waals surface area contributed by atoms with Crippen molar-refractivity contribution in [2.45, 2.75) is 104 Å². The summed E-state index contributed by atoms with van der Waals surface area (Å²) in [6.07, 6.45) is 3.70. The molecule has 4 N–H and O–H groups in total. The zero-order chi connectivity index (χ0) is 30.9. The molecule has 0 aromatic carbocycles. The molecule has 0 aliphatic heterocycles. The zero-order valence-electron chi connectivity index (χ0n) is 24.7. The Morgan fingerprint density at radius 2 is 1.85 bits per heavy atom. The Labute approximate surface area is 240 Å². The lowest BCUT2D eigenvalue weighted by atomic mass is 9.45. The number of aliphatic carboxylic acids is 1. The van der Waals surface area contributed by atoms with Crippen molar-refractivity contribution in [2.75, 3.05) is 6.61 Å². The number of carbonyl (C=O) groups is 4. The summed E-state index contributed by atoms with van der Waals surface area (Å²) >= 11 is 0. The molecule has 3 fully saturated rings. The molecule has 0 saturated heterocycles. The topological polar surface area (TPSA) is 144 Å². The van der Waals surface area contributed by atoms with E-state index in [1.807, 2.05) is 20.8 Å². The highest BCUT2D eigenvalue weighted by Gasteiger charge is 2.73. The van der Waals surface area contributed by atoms with Crippen molar-refractivity contribution in [3.05, 3.63) is 23.8 Å². The molecule has 230 valence electrons. The van der Waals surface area contributed by atoms with Gasteiger partial charge in [0.2, 0.25) is 0 Å². The third-order valence-corrected chi connectivity index (χ3v) is 10.2. The SMILES string of the molecule is CCC(N)C(=O)O.CCCCC(=O)OCC(=O)[C@H]1[C@H](C)C[C@H]2[C@@H]3C[C@H](F)C4=CC(=O)C=C[C@]4(C)[C@@]3(F)[C@@H](O)C[C@@]21C. The number of ether oxygens (including phenoxy) is 1. The van der Waals surface area contributed by atoms with Gasteiger partial charge in [-0.25, -0.2) is 8.78 Å². The van der Waals surface area contributed by atoms with Gasteiger partial charge < -0.3 is 20.7 Å².